The van der Waals surface area contributed by atoms with Crippen LogP contribution in [-0.2, 0) is 0 Å². The van der Waals surface area contributed by atoms with E-state index >= 15 is 0 Å². The molecule has 2 fully saturated rings. The number of rotatable bonds is 2. The van der Waals surface area contributed by atoms with E-state index in [4.69, 9.17) is 0 Å². The fourth-order valence-corrected chi connectivity index (χ4v) is 3.55. The number of halogens is 1. The van der Waals surface area contributed by atoms with E-state index in [9.17, 15) is 5.11 Å². The lowest BCUT2D eigenvalue weighted by atomic mass is 9.88. The normalized spacial score (nSPS) is 21.5. The molecule has 0 spiro atoms. The maximum atomic E-state index is 10.4. The van der Waals surface area contributed by atoms with Crippen LogP contribution in [0.2, 0.25) is 0 Å². The van der Waals surface area contributed by atoms with Gasteiger partial charge in [0.25, 0.3) is 0 Å². The molecule has 1 aliphatic carbocycles. The van der Waals surface area contributed by atoms with Crippen molar-refractivity contribution in [2.24, 2.45) is 5.92 Å². The van der Waals surface area contributed by atoms with Gasteiger partial charge in [0.15, 0.2) is 0 Å². The van der Waals surface area contributed by atoms with Gasteiger partial charge in [-0.1, -0.05) is 28.1 Å². The lowest BCUT2D eigenvalue weighted by molar-refractivity contribution is -0.00957. The first-order chi connectivity index (χ1) is 9.17. The Kier molecular flexibility index (Phi) is 2.42. The highest BCUT2D eigenvalue weighted by atomic mass is 79.9. The van der Waals surface area contributed by atoms with E-state index in [1.54, 1.807) is 0 Å². The minimum atomic E-state index is -0.462. The molecule has 0 bridgehead atoms. The monoisotopic (exact) mass is 318 g/mol. The van der Waals surface area contributed by atoms with Gasteiger partial charge in [0, 0.05) is 21.4 Å². The molecule has 4 rings (SSSR count). The molecular weight excluding hydrogens is 304 g/mol. The van der Waals surface area contributed by atoms with Crippen molar-refractivity contribution >= 4 is 32.5 Å². The van der Waals surface area contributed by atoms with Gasteiger partial charge in [-0.25, -0.2) is 4.98 Å². The molecular formula is C15H15BrN2O. The van der Waals surface area contributed by atoms with Gasteiger partial charge in [-0.05, 0) is 30.9 Å². The molecule has 1 saturated carbocycles. The summed E-state index contributed by atoms with van der Waals surface area (Å²) < 4.78 is 1.09. The molecule has 2 aromatic rings. The molecule has 1 saturated heterocycles. The Hall–Kier alpha value is -1.13. The van der Waals surface area contributed by atoms with Gasteiger partial charge in [0.1, 0.15) is 11.4 Å². The molecule has 2 aliphatic rings. The van der Waals surface area contributed by atoms with E-state index < -0.39 is 5.60 Å². The Morgan fingerprint density at radius 2 is 2.00 bits per heavy atom. The summed E-state index contributed by atoms with van der Waals surface area (Å²) >= 11 is 3.58. The Morgan fingerprint density at radius 1 is 1.21 bits per heavy atom. The smallest absolute Gasteiger partial charge is 0.136 e. The van der Waals surface area contributed by atoms with Crippen molar-refractivity contribution in [2.75, 3.05) is 18.0 Å². The van der Waals surface area contributed by atoms with Crippen LogP contribution in [0, 0.1) is 5.92 Å². The van der Waals surface area contributed by atoms with Crippen LogP contribution >= 0.6 is 15.9 Å². The zero-order valence-electron chi connectivity index (χ0n) is 10.5. The fourth-order valence-electron chi connectivity index (χ4n) is 3.05. The fraction of sp³-hybridized carbons (Fsp3) is 0.400. The van der Waals surface area contributed by atoms with Crippen LogP contribution in [0.1, 0.15) is 12.8 Å². The topological polar surface area (TPSA) is 36.4 Å². The van der Waals surface area contributed by atoms with E-state index in [0.29, 0.717) is 5.92 Å². The van der Waals surface area contributed by atoms with Crippen molar-refractivity contribution in [2.45, 2.75) is 18.4 Å². The maximum absolute atomic E-state index is 10.4. The van der Waals surface area contributed by atoms with Crippen molar-refractivity contribution < 1.29 is 5.11 Å². The Balaban J connectivity index is 1.71. The number of nitrogens with zero attached hydrogens (tertiary/aromatic N) is 2. The highest BCUT2D eigenvalue weighted by molar-refractivity contribution is 9.10. The van der Waals surface area contributed by atoms with E-state index in [1.807, 2.05) is 24.4 Å². The third-order valence-electron chi connectivity index (χ3n) is 4.30. The second-order valence-corrected chi connectivity index (χ2v) is 6.56. The second-order valence-electron chi connectivity index (χ2n) is 5.70. The quantitative estimate of drug-likeness (QED) is 0.924. The highest BCUT2D eigenvalue weighted by Gasteiger charge is 2.52. The van der Waals surface area contributed by atoms with Gasteiger partial charge in [-0.15, -0.1) is 0 Å². The van der Waals surface area contributed by atoms with Crippen molar-refractivity contribution in [1.29, 1.82) is 0 Å². The number of benzene rings is 1. The van der Waals surface area contributed by atoms with Gasteiger partial charge < -0.3 is 10.0 Å². The molecule has 4 heteroatoms. The molecule has 3 nitrogen and oxygen atoms in total. The molecule has 0 atom stereocenters. The van der Waals surface area contributed by atoms with Crippen molar-refractivity contribution in [3.63, 3.8) is 0 Å². The summed E-state index contributed by atoms with van der Waals surface area (Å²) in [6, 6.07) is 8.19. The average molecular weight is 319 g/mol. The average Bonchev–Trinajstić information content (AvgIpc) is 3.20. The third kappa shape index (κ3) is 1.77. The van der Waals surface area contributed by atoms with Crippen molar-refractivity contribution in [3.05, 3.63) is 34.9 Å². The molecule has 1 aliphatic heterocycles. The minimum Gasteiger partial charge on any atom is -0.386 e. The molecule has 0 amide bonds. The Bertz CT molecular complexity index is 648. The van der Waals surface area contributed by atoms with Crippen molar-refractivity contribution in [3.8, 4) is 0 Å². The standard InChI is InChI=1S/C15H15BrN2O/c16-13-3-1-2-12-11(13)6-7-17-14(12)18-8-15(19,9-18)10-4-5-10/h1-3,6-7,10,19H,4-5,8-9H2. The molecule has 0 radical (unpaired) electrons. The number of hydrogen-bond donors (Lipinski definition) is 1. The van der Waals surface area contributed by atoms with Gasteiger partial charge in [0.05, 0.1) is 13.1 Å². The lowest BCUT2D eigenvalue weighted by Gasteiger charge is -2.48. The molecule has 1 aromatic heterocycles. The minimum absolute atomic E-state index is 0.462. The summed E-state index contributed by atoms with van der Waals surface area (Å²) in [7, 11) is 0. The van der Waals surface area contributed by atoms with Crippen molar-refractivity contribution in [1.82, 2.24) is 4.98 Å². The van der Waals surface area contributed by atoms with Gasteiger partial charge in [0.2, 0.25) is 0 Å². The third-order valence-corrected chi connectivity index (χ3v) is 4.99. The van der Waals surface area contributed by atoms with Crippen LogP contribution in [0.5, 0.6) is 0 Å². The van der Waals surface area contributed by atoms with E-state index in [1.165, 1.54) is 18.2 Å². The summed E-state index contributed by atoms with van der Waals surface area (Å²) in [5, 5.41) is 12.8. The Labute approximate surface area is 120 Å². The summed E-state index contributed by atoms with van der Waals surface area (Å²) in [6.45, 7) is 1.44. The molecule has 1 aromatic carbocycles. The van der Waals surface area contributed by atoms with E-state index in [-0.39, 0.29) is 0 Å². The van der Waals surface area contributed by atoms with Crippen LogP contribution in [0.25, 0.3) is 10.8 Å². The molecule has 2 heterocycles. The number of pyridine rings is 1. The zero-order chi connectivity index (χ0) is 13.0. The number of aromatic nitrogens is 1. The first-order valence-electron chi connectivity index (χ1n) is 6.68. The van der Waals surface area contributed by atoms with E-state index in [2.05, 4.69) is 31.9 Å². The van der Waals surface area contributed by atoms with Crippen LogP contribution < -0.4 is 4.90 Å². The van der Waals surface area contributed by atoms with Gasteiger partial charge >= 0.3 is 0 Å². The molecule has 19 heavy (non-hydrogen) atoms. The van der Waals surface area contributed by atoms with Crippen LogP contribution in [0.15, 0.2) is 34.9 Å². The molecule has 0 unspecified atom stereocenters. The lowest BCUT2D eigenvalue weighted by Crippen LogP contribution is -2.63. The number of anilines is 1. The maximum Gasteiger partial charge on any atom is 0.136 e. The second kappa shape index (κ2) is 3.93. The zero-order valence-corrected chi connectivity index (χ0v) is 12.1. The van der Waals surface area contributed by atoms with Gasteiger partial charge in [-0.2, -0.15) is 0 Å². The van der Waals surface area contributed by atoms with Crippen LogP contribution in [0.4, 0.5) is 5.82 Å². The Morgan fingerprint density at radius 3 is 2.74 bits per heavy atom. The predicted molar refractivity (Wildman–Crippen MR) is 79.3 cm³/mol. The number of hydrogen-bond acceptors (Lipinski definition) is 3. The van der Waals surface area contributed by atoms with E-state index in [0.717, 1.165) is 28.8 Å². The summed E-state index contributed by atoms with van der Waals surface area (Å²) in [5.41, 5.74) is -0.462. The predicted octanol–water partition coefficient (Wildman–Crippen LogP) is 2.96. The SMILES string of the molecule is OC1(C2CC2)CN(c2nccc3c(Br)cccc23)C1. The molecule has 98 valence electrons. The number of fused-ring (bicyclic) bond motifs is 1. The number of aliphatic hydroxyl groups is 1. The van der Waals surface area contributed by atoms with Gasteiger partial charge in [-0.3, -0.25) is 0 Å². The largest absolute Gasteiger partial charge is 0.386 e. The number of β-amino-alcohol motifs (C(OH)–C–C–N with tert-alkyl or cyclic N) is 1. The highest BCUT2D eigenvalue weighted by Crippen LogP contribution is 2.46. The first kappa shape index (κ1) is 11.7. The summed E-state index contributed by atoms with van der Waals surface area (Å²) in [5.74, 6) is 1.51. The molecule has 1 N–H and O–H groups in total. The first-order valence-corrected chi connectivity index (χ1v) is 7.47. The van der Waals surface area contributed by atoms with Crippen LogP contribution in [-0.4, -0.2) is 28.8 Å². The van der Waals surface area contributed by atoms with Crippen LogP contribution in [0.3, 0.4) is 0 Å². The summed E-state index contributed by atoms with van der Waals surface area (Å²) in [6.07, 6.45) is 4.20. The summed E-state index contributed by atoms with van der Waals surface area (Å²) in [4.78, 5) is 6.70.